The summed E-state index contributed by atoms with van der Waals surface area (Å²) in [4.78, 5) is 18.6. The highest BCUT2D eigenvalue weighted by Gasteiger charge is 2.49. The molecule has 0 bridgehead atoms. The molecule has 0 aromatic heterocycles. The van der Waals surface area contributed by atoms with E-state index in [-0.39, 0.29) is 10.8 Å². The van der Waals surface area contributed by atoms with Gasteiger partial charge in [-0.2, -0.15) is 22.7 Å². The number of benzene rings is 2. The van der Waals surface area contributed by atoms with Gasteiger partial charge in [0.2, 0.25) is 10.0 Å². The molecule has 2 fully saturated rings. The largest absolute Gasteiger partial charge is 0.417 e. The number of carbonyl (C=O) groups is 1. The molecular weight excluding hydrogens is 575 g/mol. The van der Waals surface area contributed by atoms with Crippen LogP contribution in [-0.2, 0) is 21.0 Å². The summed E-state index contributed by atoms with van der Waals surface area (Å²) < 4.78 is 67.7. The first kappa shape index (κ1) is 30.9. The molecule has 0 N–H and O–H groups in total. The van der Waals surface area contributed by atoms with E-state index in [9.17, 15) is 26.4 Å². The predicted octanol–water partition coefficient (Wildman–Crippen LogP) is 4.47. The zero-order chi connectivity index (χ0) is 30.0. The summed E-state index contributed by atoms with van der Waals surface area (Å²) in [6.07, 6.45) is -2.33. The Morgan fingerprint density at radius 3 is 2.22 bits per heavy atom. The van der Waals surface area contributed by atoms with Gasteiger partial charge < -0.3 is 9.80 Å². The van der Waals surface area contributed by atoms with E-state index in [2.05, 4.69) is 4.90 Å². The lowest BCUT2D eigenvalue weighted by Crippen LogP contribution is -2.48. The minimum absolute atomic E-state index is 0.0182. The molecule has 0 atom stereocenters. The maximum atomic E-state index is 13.5. The van der Waals surface area contributed by atoms with Crippen LogP contribution in [0.15, 0.2) is 53.4 Å². The monoisotopic (exact) mass is 607 g/mol. The molecule has 2 aliphatic heterocycles. The van der Waals surface area contributed by atoms with Gasteiger partial charge in [-0.3, -0.25) is 9.69 Å². The summed E-state index contributed by atoms with van der Waals surface area (Å²) in [6.45, 7) is 6.79. The Bertz CT molecular complexity index is 1430. The number of nitriles is 1. The van der Waals surface area contributed by atoms with Crippen LogP contribution >= 0.6 is 12.2 Å². The Balaban J connectivity index is 1.29. The first-order valence-corrected chi connectivity index (χ1v) is 15.2. The zero-order valence-corrected chi connectivity index (χ0v) is 24.5. The molecule has 2 aliphatic rings. The van der Waals surface area contributed by atoms with Crippen LogP contribution in [-0.4, -0.2) is 78.3 Å². The molecule has 1 amide bonds. The fraction of sp³-hybridized carbons (Fsp3) is 0.464. The van der Waals surface area contributed by atoms with Crippen molar-refractivity contribution in [2.24, 2.45) is 0 Å². The van der Waals surface area contributed by atoms with Crippen molar-refractivity contribution in [2.75, 3.05) is 44.2 Å². The van der Waals surface area contributed by atoms with Gasteiger partial charge in [0, 0.05) is 32.7 Å². The molecular formula is C28H32F3N5O3S2. The molecule has 0 saturated carbocycles. The standard InChI is InChI=1S/C28H32F3N5O3S2/c1-27(2)25(37)36(22-12-11-21(20-32)24(19-22)28(29,30)31)26(40)35(27)14-8-4-7-13-33-15-17-34(18-16-33)41(38,39)23-9-5-3-6-10-23/h3,5-6,9-12,19H,4,7-8,13-18H2,1-2H3. The van der Waals surface area contributed by atoms with E-state index in [1.54, 1.807) is 55.1 Å². The van der Waals surface area contributed by atoms with Crippen molar-refractivity contribution < 1.29 is 26.4 Å². The lowest BCUT2D eigenvalue weighted by molar-refractivity contribution is -0.137. The van der Waals surface area contributed by atoms with E-state index in [0.717, 1.165) is 36.4 Å². The van der Waals surface area contributed by atoms with E-state index in [1.165, 1.54) is 10.4 Å². The molecule has 2 saturated heterocycles. The third kappa shape index (κ3) is 6.40. The Labute approximate surface area is 244 Å². The molecule has 2 heterocycles. The molecule has 2 aromatic carbocycles. The van der Waals surface area contributed by atoms with Gasteiger partial charge in [-0.05, 0) is 75.8 Å². The molecule has 220 valence electrons. The van der Waals surface area contributed by atoms with Crippen LogP contribution in [0.5, 0.6) is 0 Å². The lowest BCUT2D eigenvalue weighted by atomic mass is 10.0. The van der Waals surface area contributed by atoms with E-state index in [0.29, 0.717) is 44.0 Å². The van der Waals surface area contributed by atoms with E-state index < -0.39 is 38.8 Å². The number of unbranched alkanes of at least 4 members (excludes halogenated alkanes) is 2. The number of nitrogens with zero attached hydrogens (tertiary/aromatic N) is 5. The Kier molecular flexibility index (Phi) is 9.08. The third-order valence-corrected chi connectivity index (χ3v) is 9.89. The molecule has 13 heteroatoms. The molecule has 41 heavy (non-hydrogen) atoms. The maximum absolute atomic E-state index is 13.5. The summed E-state index contributed by atoms with van der Waals surface area (Å²) in [5.41, 5.74) is -2.68. The highest BCUT2D eigenvalue weighted by Crippen LogP contribution is 2.38. The molecule has 0 unspecified atom stereocenters. The normalized spacial score (nSPS) is 18.6. The van der Waals surface area contributed by atoms with Gasteiger partial charge in [0.25, 0.3) is 5.91 Å². The van der Waals surface area contributed by atoms with Crippen molar-refractivity contribution in [3.8, 4) is 6.07 Å². The second-order valence-corrected chi connectivity index (χ2v) is 12.9. The van der Waals surface area contributed by atoms with Gasteiger partial charge in [-0.25, -0.2) is 8.42 Å². The lowest BCUT2D eigenvalue weighted by Gasteiger charge is -2.34. The van der Waals surface area contributed by atoms with Gasteiger partial charge in [0.1, 0.15) is 5.54 Å². The molecule has 0 radical (unpaired) electrons. The van der Waals surface area contributed by atoms with E-state index >= 15 is 0 Å². The highest BCUT2D eigenvalue weighted by atomic mass is 32.2. The van der Waals surface area contributed by atoms with Crippen molar-refractivity contribution >= 4 is 38.9 Å². The number of amides is 1. The number of carbonyl (C=O) groups excluding carboxylic acids is 1. The Morgan fingerprint density at radius 2 is 1.61 bits per heavy atom. The third-order valence-electron chi connectivity index (χ3n) is 7.58. The first-order valence-electron chi connectivity index (χ1n) is 13.3. The summed E-state index contributed by atoms with van der Waals surface area (Å²) in [6, 6.07) is 13.1. The number of hydrogen-bond donors (Lipinski definition) is 0. The smallest absolute Gasteiger partial charge is 0.334 e. The van der Waals surface area contributed by atoms with Crippen molar-refractivity contribution in [1.29, 1.82) is 5.26 Å². The van der Waals surface area contributed by atoms with Crippen molar-refractivity contribution in [1.82, 2.24) is 14.1 Å². The minimum Gasteiger partial charge on any atom is -0.334 e. The number of halogens is 3. The number of thiocarbonyl (C=S) groups is 1. The SMILES string of the molecule is CC1(C)C(=O)N(c2ccc(C#N)c(C(F)(F)F)c2)C(=S)N1CCCCCN1CCN(S(=O)(=O)c2ccccc2)CC1. The summed E-state index contributed by atoms with van der Waals surface area (Å²) in [5.74, 6) is -0.427. The second-order valence-electron chi connectivity index (χ2n) is 10.6. The highest BCUT2D eigenvalue weighted by molar-refractivity contribution is 7.89. The average Bonchev–Trinajstić information content (AvgIpc) is 3.11. The Hall–Kier alpha value is -3.05. The predicted molar refractivity (Wildman–Crippen MR) is 153 cm³/mol. The summed E-state index contributed by atoms with van der Waals surface area (Å²) in [7, 11) is -3.50. The molecule has 0 spiro atoms. The van der Waals surface area contributed by atoms with Crippen LogP contribution < -0.4 is 4.90 Å². The molecule has 4 rings (SSSR count). The number of anilines is 1. The molecule has 2 aromatic rings. The first-order chi connectivity index (χ1) is 19.3. The van der Waals surface area contributed by atoms with Crippen LogP contribution in [0.25, 0.3) is 0 Å². The molecule has 0 aliphatic carbocycles. The fourth-order valence-electron chi connectivity index (χ4n) is 5.16. The van der Waals surface area contributed by atoms with Gasteiger partial charge in [-0.1, -0.05) is 24.6 Å². The van der Waals surface area contributed by atoms with Crippen molar-refractivity contribution in [3.63, 3.8) is 0 Å². The summed E-state index contributed by atoms with van der Waals surface area (Å²) in [5, 5.41) is 9.22. The second kappa shape index (κ2) is 12.1. The fourth-order valence-corrected chi connectivity index (χ4v) is 7.11. The van der Waals surface area contributed by atoms with Gasteiger partial charge in [0.15, 0.2) is 5.11 Å². The van der Waals surface area contributed by atoms with Crippen molar-refractivity contribution in [3.05, 3.63) is 59.7 Å². The quantitative estimate of drug-likeness (QED) is 0.307. The number of alkyl halides is 3. The Morgan fingerprint density at radius 1 is 0.976 bits per heavy atom. The number of hydrogen-bond acceptors (Lipinski definition) is 6. The summed E-state index contributed by atoms with van der Waals surface area (Å²) >= 11 is 5.55. The molecule has 8 nitrogen and oxygen atoms in total. The average molecular weight is 608 g/mol. The van der Waals surface area contributed by atoms with Gasteiger partial charge >= 0.3 is 6.18 Å². The number of rotatable bonds is 9. The van der Waals surface area contributed by atoms with Crippen LogP contribution in [0, 0.1) is 11.3 Å². The van der Waals surface area contributed by atoms with Crippen LogP contribution in [0.2, 0.25) is 0 Å². The van der Waals surface area contributed by atoms with E-state index in [4.69, 9.17) is 17.5 Å². The van der Waals surface area contributed by atoms with E-state index in [1.807, 2.05) is 0 Å². The van der Waals surface area contributed by atoms with Crippen LogP contribution in [0.3, 0.4) is 0 Å². The zero-order valence-electron chi connectivity index (χ0n) is 22.9. The van der Waals surface area contributed by atoms with Crippen LogP contribution in [0.1, 0.15) is 44.2 Å². The van der Waals surface area contributed by atoms with Gasteiger partial charge in [-0.15, -0.1) is 0 Å². The van der Waals surface area contributed by atoms with Crippen LogP contribution in [0.4, 0.5) is 18.9 Å². The maximum Gasteiger partial charge on any atom is 0.417 e. The van der Waals surface area contributed by atoms with Gasteiger partial charge in [0.05, 0.1) is 27.8 Å². The minimum atomic E-state index is -4.75. The topological polar surface area (TPSA) is 88.0 Å². The number of piperazine rings is 1. The van der Waals surface area contributed by atoms with Crippen molar-refractivity contribution in [2.45, 2.75) is 49.7 Å². The number of sulfonamides is 1.